The van der Waals surface area contributed by atoms with Crippen LogP contribution in [0, 0.1) is 11.8 Å². The van der Waals surface area contributed by atoms with Gasteiger partial charge in [0.15, 0.2) is 0 Å². The first-order valence-electron chi connectivity index (χ1n) is 6.50. The van der Waals surface area contributed by atoms with Crippen LogP contribution in [0.15, 0.2) is 23.2 Å². The summed E-state index contributed by atoms with van der Waals surface area (Å²) in [6, 6.07) is 2.98. The van der Waals surface area contributed by atoms with Crippen molar-refractivity contribution in [3.63, 3.8) is 0 Å². The Hall–Kier alpha value is -1.14. The molecule has 0 aromatic carbocycles. The monoisotopic (exact) mass is 284 g/mol. The molecule has 1 aromatic heterocycles. The van der Waals surface area contributed by atoms with Gasteiger partial charge in [-0.2, -0.15) is 0 Å². The molecule has 1 aliphatic carbocycles. The lowest BCUT2D eigenvalue weighted by Crippen LogP contribution is -2.28. The highest BCUT2D eigenvalue weighted by molar-refractivity contribution is 7.89. The molecule has 2 atom stereocenters. The van der Waals surface area contributed by atoms with Gasteiger partial charge in [-0.3, -0.25) is 0 Å². The molecule has 5 nitrogen and oxygen atoms in total. The van der Waals surface area contributed by atoms with Crippen molar-refractivity contribution in [2.24, 2.45) is 17.0 Å². The first kappa shape index (κ1) is 14.3. The largest absolute Gasteiger partial charge is 0.474 e. The van der Waals surface area contributed by atoms with Gasteiger partial charge in [-0.1, -0.05) is 13.8 Å². The summed E-state index contributed by atoms with van der Waals surface area (Å²) in [5.74, 6) is 1.76. The first-order valence-corrected chi connectivity index (χ1v) is 8.04. The molecule has 2 N–H and O–H groups in total. The number of nitrogens with zero attached hydrogens (tertiary/aromatic N) is 1. The van der Waals surface area contributed by atoms with Gasteiger partial charge in [-0.05, 0) is 37.2 Å². The molecule has 106 valence electrons. The van der Waals surface area contributed by atoms with Crippen molar-refractivity contribution in [2.75, 3.05) is 0 Å². The summed E-state index contributed by atoms with van der Waals surface area (Å²) in [5.41, 5.74) is 0. The Morgan fingerprint density at radius 1 is 1.21 bits per heavy atom. The van der Waals surface area contributed by atoms with Crippen LogP contribution in [0.5, 0.6) is 5.88 Å². The summed E-state index contributed by atoms with van der Waals surface area (Å²) >= 11 is 0. The molecular weight excluding hydrogens is 264 g/mol. The summed E-state index contributed by atoms with van der Waals surface area (Å²) in [6.45, 7) is 4.45. The van der Waals surface area contributed by atoms with Gasteiger partial charge >= 0.3 is 0 Å². The molecule has 0 bridgehead atoms. The maximum atomic E-state index is 11.1. The molecule has 0 saturated heterocycles. The highest BCUT2D eigenvalue weighted by Crippen LogP contribution is 2.30. The van der Waals surface area contributed by atoms with Crippen molar-refractivity contribution in [2.45, 2.75) is 44.1 Å². The van der Waals surface area contributed by atoms with E-state index in [2.05, 4.69) is 18.8 Å². The predicted octanol–water partition coefficient (Wildman–Crippen LogP) is 1.93. The van der Waals surface area contributed by atoms with E-state index in [4.69, 9.17) is 9.88 Å². The second-order valence-corrected chi connectivity index (χ2v) is 7.10. The van der Waals surface area contributed by atoms with Gasteiger partial charge in [0, 0.05) is 6.07 Å². The second kappa shape index (κ2) is 5.46. The standard InChI is InChI=1S/C13H20N2O3S/c1-9-5-10(2)7-11(6-9)18-13-4-3-12(8-15-13)19(14,16)17/h3-4,8-11H,5-7H2,1-2H3,(H2,14,16,17). The quantitative estimate of drug-likeness (QED) is 0.919. The SMILES string of the molecule is CC1CC(C)CC(Oc2ccc(S(N)(=O)=O)cn2)C1. The Morgan fingerprint density at radius 3 is 2.32 bits per heavy atom. The summed E-state index contributed by atoms with van der Waals surface area (Å²) < 4.78 is 28.1. The van der Waals surface area contributed by atoms with Crippen LogP contribution >= 0.6 is 0 Å². The lowest BCUT2D eigenvalue weighted by molar-refractivity contribution is 0.0966. The highest BCUT2D eigenvalue weighted by atomic mass is 32.2. The molecule has 0 radical (unpaired) electrons. The maximum absolute atomic E-state index is 11.1. The van der Waals surface area contributed by atoms with Gasteiger partial charge in [0.2, 0.25) is 15.9 Å². The summed E-state index contributed by atoms with van der Waals surface area (Å²) in [4.78, 5) is 4.01. The van der Waals surface area contributed by atoms with Crippen LogP contribution in [0.1, 0.15) is 33.1 Å². The summed E-state index contributed by atoms with van der Waals surface area (Å²) in [5, 5.41) is 5.02. The fraction of sp³-hybridized carbons (Fsp3) is 0.615. The molecule has 1 aromatic rings. The number of pyridine rings is 1. The molecule has 2 rings (SSSR count). The second-order valence-electron chi connectivity index (χ2n) is 5.53. The molecule has 19 heavy (non-hydrogen) atoms. The minimum absolute atomic E-state index is 0.00484. The van der Waals surface area contributed by atoms with Crippen molar-refractivity contribution >= 4 is 10.0 Å². The Kier molecular flexibility index (Phi) is 4.10. The van der Waals surface area contributed by atoms with E-state index in [1.807, 2.05) is 0 Å². The van der Waals surface area contributed by atoms with Crippen molar-refractivity contribution in [3.05, 3.63) is 18.3 Å². The molecule has 6 heteroatoms. The van der Waals surface area contributed by atoms with Crippen molar-refractivity contribution < 1.29 is 13.2 Å². The Labute approximate surface area is 114 Å². The normalized spacial score (nSPS) is 28.1. The van der Waals surface area contributed by atoms with Crippen LogP contribution < -0.4 is 9.88 Å². The number of hydrogen-bond acceptors (Lipinski definition) is 4. The van der Waals surface area contributed by atoms with E-state index in [0.29, 0.717) is 17.7 Å². The van der Waals surface area contributed by atoms with Gasteiger partial charge in [0.05, 0.1) is 6.20 Å². The zero-order chi connectivity index (χ0) is 14.0. The maximum Gasteiger partial charge on any atom is 0.239 e. The average Bonchev–Trinajstić information content (AvgIpc) is 2.26. The average molecular weight is 284 g/mol. The summed E-state index contributed by atoms with van der Waals surface area (Å²) in [7, 11) is -3.69. The minimum Gasteiger partial charge on any atom is -0.474 e. The first-order chi connectivity index (χ1) is 8.84. The molecule has 0 spiro atoms. The Balaban J connectivity index is 2.03. The van der Waals surface area contributed by atoms with Gasteiger partial charge in [0.1, 0.15) is 11.0 Å². The number of sulfonamides is 1. The highest BCUT2D eigenvalue weighted by Gasteiger charge is 2.25. The number of aromatic nitrogens is 1. The van der Waals surface area contributed by atoms with Gasteiger partial charge < -0.3 is 4.74 Å². The zero-order valence-electron chi connectivity index (χ0n) is 11.2. The molecule has 0 aliphatic heterocycles. The zero-order valence-corrected chi connectivity index (χ0v) is 12.1. The van der Waals surface area contributed by atoms with E-state index >= 15 is 0 Å². The van der Waals surface area contributed by atoms with Crippen molar-refractivity contribution in [3.8, 4) is 5.88 Å². The minimum atomic E-state index is -3.69. The van der Waals surface area contributed by atoms with E-state index in [0.717, 1.165) is 12.8 Å². The van der Waals surface area contributed by atoms with E-state index < -0.39 is 10.0 Å². The van der Waals surface area contributed by atoms with Crippen LogP contribution in [-0.4, -0.2) is 19.5 Å². The number of rotatable bonds is 3. The Bertz CT molecular complexity index is 517. The molecule has 0 amide bonds. The van der Waals surface area contributed by atoms with Crippen molar-refractivity contribution in [1.29, 1.82) is 0 Å². The number of primary sulfonamides is 1. The van der Waals surface area contributed by atoms with Gasteiger partial charge in [-0.25, -0.2) is 18.5 Å². The van der Waals surface area contributed by atoms with Crippen LogP contribution in [0.25, 0.3) is 0 Å². The predicted molar refractivity (Wildman–Crippen MR) is 72.2 cm³/mol. The lowest BCUT2D eigenvalue weighted by Gasteiger charge is -2.31. The smallest absolute Gasteiger partial charge is 0.239 e. The number of hydrogen-bond donors (Lipinski definition) is 1. The molecule has 2 unspecified atom stereocenters. The lowest BCUT2D eigenvalue weighted by atomic mass is 9.82. The van der Waals surface area contributed by atoms with E-state index in [9.17, 15) is 8.42 Å². The molecule has 1 fully saturated rings. The fourth-order valence-electron chi connectivity index (χ4n) is 2.74. The summed E-state index contributed by atoms with van der Waals surface area (Å²) in [6.07, 6.45) is 4.66. The van der Waals surface area contributed by atoms with Crippen LogP contribution in [0.4, 0.5) is 0 Å². The molecule has 1 heterocycles. The third-order valence-corrected chi connectivity index (χ3v) is 4.36. The van der Waals surface area contributed by atoms with Gasteiger partial charge in [-0.15, -0.1) is 0 Å². The topological polar surface area (TPSA) is 82.3 Å². The van der Waals surface area contributed by atoms with Crippen LogP contribution in [0.2, 0.25) is 0 Å². The van der Waals surface area contributed by atoms with E-state index in [-0.39, 0.29) is 11.0 Å². The van der Waals surface area contributed by atoms with E-state index in [1.165, 1.54) is 18.7 Å². The number of nitrogens with two attached hydrogens (primary N) is 1. The number of ether oxygens (including phenoxy) is 1. The van der Waals surface area contributed by atoms with Crippen molar-refractivity contribution in [1.82, 2.24) is 4.98 Å². The fourth-order valence-corrected chi connectivity index (χ4v) is 3.20. The van der Waals surface area contributed by atoms with Gasteiger partial charge in [0.25, 0.3) is 0 Å². The molecule has 1 saturated carbocycles. The third-order valence-electron chi connectivity index (χ3n) is 3.46. The third kappa shape index (κ3) is 3.91. The van der Waals surface area contributed by atoms with E-state index in [1.54, 1.807) is 6.07 Å². The molecule has 1 aliphatic rings. The van der Waals surface area contributed by atoms with Crippen LogP contribution in [-0.2, 0) is 10.0 Å². The molecular formula is C13H20N2O3S. The van der Waals surface area contributed by atoms with Crippen LogP contribution in [0.3, 0.4) is 0 Å². The Morgan fingerprint density at radius 2 is 1.84 bits per heavy atom.